The first-order valence-corrected chi connectivity index (χ1v) is 12.4. The van der Waals surface area contributed by atoms with Gasteiger partial charge in [-0.25, -0.2) is 22.2 Å². The first-order chi connectivity index (χ1) is 16.8. The zero-order valence-corrected chi connectivity index (χ0v) is 20.6. The van der Waals surface area contributed by atoms with Crippen molar-refractivity contribution in [3.63, 3.8) is 0 Å². The summed E-state index contributed by atoms with van der Waals surface area (Å²) in [5.41, 5.74) is 9.50. The molecule has 0 saturated heterocycles. The van der Waals surface area contributed by atoms with Crippen molar-refractivity contribution in [3.05, 3.63) is 118 Å². The summed E-state index contributed by atoms with van der Waals surface area (Å²) < 4.78 is 55.5. The van der Waals surface area contributed by atoms with Crippen LogP contribution in [0, 0.1) is 11.6 Å². The SMILES string of the molecule is Cl.NC1=NC(c2ccc(F)cc2)C2=C(N1)/C(=C/c1ccc(F)cc1)CN(S(=O)(=O)c1ccccc1)C2. The van der Waals surface area contributed by atoms with Crippen LogP contribution in [0.15, 0.2) is 106 Å². The number of hydrogen-bond donors (Lipinski definition) is 2. The van der Waals surface area contributed by atoms with Gasteiger partial charge in [0, 0.05) is 18.8 Å². The fourth-order valence-corrected chi connectivity index (χ4v) is 5.69. The molecule has 3 aromatic carbocycles. The van der Waals surface area contributed by atoms with Gasteiger partial charge >= 0.3 is 0 Å². The van der Waals surface area contributed by atoms with Crippen LogP contribution in [0.2, 0.25) is 0 Å². The van der Waals surface area contributed by atoms with Crippen LogP contribution >= 0.6 is 12.4 Å². The molecule has 10 heteroatoms. The Morgan fingerprint density at radius 2 is 1.53 bits per heavy atom. The van der Waals surface area contributed by atoms with Crippen molar-refractivity contribution < 1.29 is 17.2 Å². The van der Waals surface area contributed by atoms with E-state index in [1.807, 2.05) is 0 Å². The predicted octanol–water partition coefficient (Wildman–Crippen LogP) is 4.39. The molecule has 6 nitrogen and oxygen atoms in total. The maximum Gasteiger partial charge on any atom is 0.243 e. The van der Waals surface area contributed by atoms with Gasteiger partial charge in [-0.15, -0.1) is 12.4 Å². The lowest BCUT2D eigenvalue weighted by molar-refractivity contribution is 0.436. The Morgan fingerprint density at radius 1 is 0.917 bits per heavy atom. The Labute approximate surface area is 214 Å². The van der Waals surface area contributed by atoms with Gasteiger partial charge in [0.05, 0.1) is 4.90 Å². The lowest BCUT2D eigenvalue weighted by atomic mass is 9.90. The molecule has 5 rings (SSSR count). The molecule has 36 heavy (non-hydrogen) atoms. The smallest absolute Gasteiger partial charge is 0.243 e. The molecule has 0 radical (unpaired) electrons. The van der Waals surface area contributed by atoms with Gasteiger partial charge in [-0.05, 0) is 64.7 Å². The maximum atomic E-state index is 13.6. The van der Waals surface area contributed by atoms with E-state index in [-0.39, 0.29) is 48.0 Å². The van der Waals surface area contributed by atoms with Gasteiger partial charge in [-0.2, -0.15) is 4.31 Å². The summed E-state index contributed by atoms with van der Waals surface area (Å²) in [7, 11) is -3.84. The van der Waals surface area contributed by atoms with Crippen LogP contribution in [0.1, 0.15) is 17.2 Å². The highest BCUT2D eigenvalue weighted by atomic mass is 35.5. The fraction of sp³-hybridized carbons (Fsp3) is 0.115. The van der Waals surface area contributed by atoms with Gasteiger partial charge in [-0.1, -0.05) is 42.5 Å². The van der Waals surface area contributed by atoms with Gasteiger partial charge in [0.25, 0.3) is 0 Å². The Morgan fingerprint density at radius 3 is 2.17 bits per heavy atom. The Bertz CT molecular complexity index is 1460. The number of halogens is 3. The maximum absolute atomic E-state index is 13.6. The average molecular weight is 529 g/mol. The van der Waals surface area contributed by atoms with Gasteiger partial charge in [0.1, 0.15) is 17.7 Å². The standard InChI is InChI=1S/C26H22F2N4O2S.ClH/c27-20-10-6-17(7-11-20)14-19-15-32(35(33,34)22-4-2-1-3-5-22)16-23-24(30-26(29)31-25(19)23)18-8-12-21(28)13-9-18;/h1-14,24H,15-16H2,(H3,29,30,31);1H/b19-14+;. The molecule has 3 aromatic rings. The minimum Gasteiger partial charge on any atom is -0.370 e. The summed E-state index contributed by atoms with van der Waals surface area (Å²) in [5, 5.41) is 3.09. The van der Waals surface area contributed by atoms with Gasteiger partial charge in [0.15, 0.2) is 5.96 Å². The molecule has 0 saturated carbocycles. The second-order valence-electron chi connectivity index (χ2n) is 8.30. The molecule has 0 bridgehead atoms. The number of rotatable bonds is 4. The molecule has 0 aromatic heterocycles. The summed E-state index contributed by atoms with van der Waals surface area (Å²) in [5.74, 6) is -0.586. The molecule has 1 atom stereocenters. The molecule has 0 spiro atoms. The van der Waals surface area contributed by atoms with Crippen LogP contribution in [-0.4, -0.2) is 31.8 Å². The number of hydrogen-bond acceptors (Lipinski definition) is 5. The van der Waals surface area contributed by atoms with E-state index in [0.717, 1.165) is 0 Å². The molecular weight excluding hydrogens is 506 g/mol. The summed E-state index contributed by atoms with van der Waals surface area (Å²) in [6.07, 6.45) is 1.80. The highest BCUT2D eigenvalue weighted by molar-refractivity contribution is 7.89. The molecule has 2 aliphatic rings. The van der Waals surface area contributed by atoms with Gasteiger partial charge in [-0.3, -0.25) is 0 Å². The quantitative estimate of drug-likeness (QED) is 0.526. The van der Waals surface area contributed by atoms with Crippen LogP contribution in [-0.2, 0) is 10.0 Å². The summed E-state index contributed by atoms with van der Waals surface area (Å²) in [4.78, 5) is 4.69. The second kappa shape index (κ2) is 10.2. The van der Waals surface area contributed by atoms with E-state index in [1.165, 1.54) is 28.6 Å². The number of guanidine groups is 1. The highest BCUT2D eigenvalue weighted by Gasteiger charge is 2.37. The second-order valence-corrected chi connectivity index (χ2v) is 10.2. The van der Waals surface area contributed by atoms with E-state index in [1.54, 1.807) is 60.7 Å². The average Bonchev–Trinajstić information content (AvgIpc) is 2.86. The molecule has 2 aliphatic heterocycles. The van der Waals surface area contributed by atoms with Crippen molar-refractivity contribution in [3.8, 4) is 0 Å². The van der Waals surface area contributed by atoms with Crippen LogP contribution in [0.3, 0.4) is 0 Å². The topological polar surface area (TPSA) is 87.8 Å². The third-order valence-electron chi connectivity index (χ3n) is 5.96. The largest absolute Gasteiger partial charge is 0.370 e. The van der Waals surface area contributed by atoms with Crippen molar-refractivity contribution in [1.82, 2.24) is 9.62 Å². The third kappa shape index (κ3) is 5.04. The predicted molar refractivity (Wildman–Crippen MR) is 138 cm³/mol. The molecule has 1 unspecified atom stereocenters. The fourth-order valence-electron chi connectivity index (χ4n) is 4.27. The highest BCUT2D eigenvalue weighted by Crippen LogP contribution is 2.38. The number of sulfonamides is 1. The van der Waals surface area contributed by atoms with E-state index in [9.17, 15) is 17.2 Å². The number of nitrogens with one attached hydrogen (secondary N) is 1. The normalized spacial score (nSPS) is 19.2. The molecule has 3 N–H and O–H groups in total. The lowest BCUT2D eigenvalue weighted by Crippen LogP contribution is -2.46. The molecule has 2 heterocycles. The van der Waals surface area contributed by atoms with Crippen molar-refractivity contribution in [2.45, 2.75) is 10.9 Å². The van der Waals surface area contributed by atoms with Crippen LogP contribution < -0.4 is 11.1 Å². The number of benzene rings is 3. The summed E-state index contributed by atoms with van der Waals surface area (Å²) >= 11 is 0. The zero-order valence-electron chi connectivity index (χ0n) is 18.9. The van der Waals surface area contributed by atoms with Crippen molar-refractivity contribution >= 4 is 34.5 Å². The lowest BCUT2D eigenvalue weighted by Gasteiger charge is -2.37. The van der Waals surface area contributed by atoms with Crippen LogP contribution in [0.25, 0.3) is 6.08 Å². The Hall–Kier alpha value is -3.53. The van der Waals surface area contributed by atoms with E-state index < -0.39 is 16.1 Å². The van der Waals surface area contributed by atoms with Gasteiger partial charge in [0.2, 0.25) is 10.0 Å². The van der Waals surface area contributed by atoms with Crippen LogP contribution in [0.4, 0.5) is 8.78 Å². The molecule has 186 valence electrons. The number of nitrogens with two attached hydrogens (primary N) is 1. The molecule has 0 amide bonds. The third-order valence-corrected chi connectivity index (χ3v) is 7.77. The minimum atomic E-state index is -3.84. The van der Waals surface area contributed by atoms with E-state index in [0.29, 0.717) is 28.0 Å². The molecule has 0 aliphatic carbocycles. The number of nitrogens with zero attached hydrogens (tertiary/aromatic N) is 2. The van der Waals surface area contributed by atoms with Crippen molar-refractivity contribution in [2.75, 3.05) is 13.1 Å². The van der Waals surface area contributed by atoms with E-state index in [4.69, 9.17) is 5.73 Å². The first kappa shape index (κ1) is 25.6. The molecule has 0 fully saturated rings. The first-order valence-electron chi connectivity index (χ1n) is 10.9. The van der Waals surface area contributed by atoms with Crippen molar-refractivity contribution in [2.24, 2.45) is 10.7 Å². The summed E-state index contributed by atoms with van der Waals surface area (Å²) in [6, 6.07) is 19.4. The Kier molecular flexibility index (Phi) is 7.26. The minimum absolute atomic E-state index is 0. The zero-order chi connectivity index (χ0) is 24.6. The van der Waals surface area contributed by atoms with E-state index >= 15 is 0 Å². The van der Waals surface area contributed by atoms with E-state index in [2.05, 4.69) is 10.3 Å². The van der Waals surface area contributed by atoms with Crippen molar-refractivity contribution in [1.29, 1.82) is 0 Å². The van der Waals surface area contributed by atoms with Crippen LogP contribution in [0.5, 0.6) is 0 Å². The Balaban J connectivity index is 0.00000304. The number of aliphatic imine (C=N–C) groups is 1. The van der Waals surface area contributed by atoms with Gasteiger partial charge < -0.3 is 11.1 Å². The molecular formula is C26H23ClF2N4O2S. The monoisotopic (exact) mass is 528 g/mol. The summed E-state index contributed by atoms with van der Waals surface area (Å²) in [6.45, 7) is 0.142.